The molecule has 0 saturated heterocycles. The zero-order valence-electron chi connectivity index (χ0n) is 9.35. The standard InChI is InChI=1S/C6F9O6Si/c7-4(8,9)1(16)19-22(20-2(17)5(10,11)12)21-3(18)6(13,14)15. The molecule has 0 aromatic heterocycles. The van der Waals surface area contributed by atoms with Crippen molar-refractivity contribution in [2.75, 3.05) is 0 Å². The van der Waals surface area contributed by atoms with Gasteiger partial charge in [-0.05, 0) is 0 Å². The van der Waals surface area contributed by atoms with Crippen LogP contribution in [0.15, 0.2) is 0 Å². The molecule has 0 saturated carbocycles. The fourth-order valence-corrected chi connectivity index (χ4v) is 1.39. The monoisotopic (exact) mass is 367 g/mol. The van der Waals surface area contributed by atoms with Crippen LogP contribution in [0.1, 0.15) is 0 Å². The first kappa shape index (κ1) is 20.0. The molecule has 0 unspecified atom stereocenters. The van der Waals surface area contributed by atoms with Gasteiger partial charge in [-0.15, -0.1) is 0 Å². The van der Waals surface area contributed by atoms with Crippen LogP contribution in [0.3, 0.4) is 0 Å². The Hall–Kier alpha value is -2.00. The van der Waals surface area contributed by atoms with Gasteiger partial charge in [-0.25, -0.2) is 14.4 Å². The van der Waals surface area contributed by atoms with Gasteiger partial charge in [-0.2, -0.15) is 39.5 Å². The minimum atomic E-state index is -5.86. The Kier molecular flexibility index (Phi) is 5.82. The van der Waals surface area contributed by atoms with Crippen molar-refractivity contribution in [1.29, 1.82) is 0 Å². The third kappa shape index (κ3) is 6.63. The first-order chi connectivity index (χ1) is 9.55. The van der Waals surface area contributed by atoms with Crippen molar-refractivity contribution in [2.24, 2.45) is 0 Å². The quantitative estimate of drug-likeness (QED) is 0.553. The molecule has 1 radical (unpaired) electrons. The van der Waals surface area contributed by atoms with Crippen molar-refractivity contribution >= 4 is 27.4 Å². The Morgan fingerprint density at radius 3 is 0.864 bits per heavy atom. The molecule has 16 heteroatoms. The maximum atomic E-state index is 11.8. The lowest BCUT2D eigenvalue weighted by Crippen LogP contribution is -2.44. The summed E-state index contributed by atoms with van der Waals surface area (Å²) in [5.74, 6) is -9.98. The molecule has 0 aliphatic carbocycles. The van der Waals surface area contributed by atoms with E-state index < -0.39 is 46.0 Å². The maximum Gasteiger partial charge on any atom is 0.824 e. The van der Waals surface area contributed by atoms with Crippen LogP contribution in [0.25, 0.3) is 0 Å². The summed E-state index contributed by atoms with van der Waals surface area (Å²) in [7, 11) is -5.00. The largest absolute Gasteiger partial charge is 0.824 e. The van der Waals surface area contributed by atoms with E-state index in [9.17, 15) is 53.9 Å². The number of hydrogen-bond acceptors (Lipinski definition) is 6. The average Bonchev–Trinajstić information content (AvgIpc) is 2.24. The Morgan fingerprint density at radius 2 is 0.727 bits per heavy atom. The molecule has 0 aromatic carbocycles. The van der Waals surface area contributed by atoms with Gasteiger partial charge in [0.15, 0.2) is 0 Å². The number of hydrogen-bond donors (Lipinski definition) is 0. The van der Waals surface area contributed by atoms with E-state index in [1.807, 2.05) is 0 Å². The first-order valence-corrected chi connectivity index (χ1v) is 5.51. The van der Waals surface area contributed by atoms with Crippen LogP contribution in [0, 0.1) is 0 Å². The Bertz CT molecular complexity index is 384. The summed E-state index contributed by atoms with van der Waals surface area (Å²) in [4.78, 5) is 30.8. The molecule has 0 heterocycles. The predicted molar refractivity (Wildman–Crippen MR) is 42.2 cm³/mol. The number of rotatable bonds is 3. The van der Waals surface area contributed by atoms with E-state index in [0.29, 0.717) is 0 Å². The van der Waals surface area contributed by atoms with E-state index >= 15 is 0 Å². The molecule has 0 spiro atoms. The minimum absolute atomic E-state index is 3.00. The highest BCUT2D eigenvalue weighted by Crippen LogP contribution is 2.22. The fourth-order valence-electron chi connectivity index (χ4n) is 0.463. The topological polar surface area (TPSA) is 78.9 Å². The van der Waals surface area contributed by atoms with Crippen LogP contribution in [0.2, 0.25) is 0 Å². The van der Waals surface area contributed by atoms with E-state index in [4.69, 9.17) is 0 Å². The zero-order valence-corrected chi connectivity index (χ0v) is 10.4. The molecule has 0 fully saturated rings. The van der Waals surface area contributed by atoms with Gasteiger partial charge in [0.05, 0.1) is 0 Å². The van der Waals surface area contributed by atoms with Gasteiger partial charge in [0, 0.05) is 0 Å². The van der Waals surface area contributed by atoms with Crippen molar-refractivity contribution in [3.8, 4) is 0 Å². The highest BCUT2D eigenvalue weighted by Gasteiger charge is 2.53. The van der Waals surface area contributed by atoms with Gasteiger partial charge in [0.1, 0.15) is 0 Å². The summed E-state index contributed by atoms with van der Waals surface area (Å²) in [5, 5.41) is 0. The van der Waals surface area contributed by atoms with Crippen LogP contribution in [0.4, 0.5) is 39.5 Å². The molecule has 0 rings (SSSR count). The third-order valence-corrected chi connectivity index (χ3v) is 2.28. The van der Waals surface area contributed by atoms with Crippen LogP contribution in [0.5, 0.6) is 0 Å². The number of carbonyl (C=O) groups excluding carboxylic acids is 3. The average molecular weight is 367 g/mol. The summed E-state index contributed by atoms with van der Waals surface area (Å²) >= 11 is 0. The van der Waals surface area contributed by atoms with Crippen molar-refractivity contribution in [2.45, 2.75) is 18.5 Å². The predicted octanol–water partition coefficient (Wildman–Crippen LogP) is 1.29. The Labute approximate surface area is 114 Å². The second kappa shape index (κ2) is 6.40. The van der Waals surface area contributed by atoms with Crippen LogP contribution in [-0.2, 0) is 27.7 Å². The molecule has 0 aromatic rings. The number of alkyl halides is 9. The SMILES string of the molecule is O=C(O[Si](OC(=O)C(F)(F)F)OC(=O)C(F)(F)F)C(F)(F)F. The van der Waals surface area contributed by atoms with Gasteiger partial charge in [-0.3, -0.25) is 0 Å². The summed E-state index contributed by atoms with van der Waals surface area (Å²) in [5.41, 5.74) is 0. The second-order valence-electron chi connectivity index (χ2n) is 2.91. The van der Waals surface area contributed by atoms with E-state index in [1.165, 1.54) is 0 Å². The smallest absolute Gasteiger partial charge is 0.444 e. The minimum Gasteiger partial charge on any atom is -0.444 e. The van der Waals surface area contributed by atoms with Gasteiger partial charge in [0.25, 0.3) is 0 Å². The number of carbonyl (C=O) groups is 3. The van der Waals surface area contributed by atoms with E-state index in [-0.39, 0.29) is 0 Å². The summed E-state index contributed by atoms with van der Waals surface area (Å²) in [6, 6.07) is 0. The molecule has 127 valence electrons. The lowest BCUT2D eigenvalue weighted by molar-refractivity contribution is -0.206. The second-order valence-corrected chi connectivity index (χ2v) is 4.02. The van der Waals surface area contributed by atoms with Crippen molar-refractivity contribution in [3.63, 3.8) is 0 Å². The highest BCUT2D eigenvalue weighted by atomic mass is 28.3. The molecule has 6 nitrogen and oxygen atoms in total. The molecule has 22 heavy (non-hydrogen) atoms. The summed E-state index contributed by atoms with van der Waals surface area (Å²) in [6.45, 7) is 0. The fraction of sp³-hybridized carbons (Fsp3) is 0.500. The molecular weight excluding hydrogens is 367 g/mol. The maximum absolute atomic E-state index is 11.8. The van der Waals surface area contributed by atoms with Crippen molar-refractivity contribution in [1.82, 2.24) is 0 Å². The molecule has 0 bridgehead atoms. The van der Waals surface area contributed by atoms with Crippen LogP contribution in [-0.4, -0.2) is 46.0 Å². The molecule has 0 atom stereocenters. The third-order valence-electron chi connectivity index (χ3n) is 1.22. The summed E-state index contributed by atoms with van der Waals surface area (Å²) in [6.07, 6.45) is -17.6. The van der Waals surface area contributed by atoms with Crippen LogP contribution >= 0.6 is 0 Å². The van der Waals surface area contributed by atoms with E-state index in [1.54, 1.807) is 0 Å². The number of halogens is 9. The molecular formula is C6F9O6Si. The Morgan fingerprint density at radius 1 is 0.545 bits per heavy atom. The lowest BCUT2D eigenvalue weighted by Gasteiger charge is -2.15. The van der Waals surface area contributed by atoms with Crippen molar-refractivity contribution in [3.05, 3.63) is 0 Å². The summed E-state index contributed by atoms with van der Waals surface area (Å²) < 4.78 is 115. The van der Waals surface area contributed by atoms with E-state index in [2.05, 4.69) is 13.3 Å². The molecule has 0 aliphatic rings. The van der Waals surface area contributed by atoms with Gasteiger partial charge < -0.3 is 13.3 Å². The lowest BCUT2D eigenvalue weighted by atomic mass is 10.7. The van der Waals surface area contributed by atoms with Crippen LogP contribution < -0.4 is 0 Å². The molecule has 0 amide bonds. The molecule has 0 aliphatic heterocycles. The highest BCUT2D eigenvalue weighted by molar-refractivity contribution is 6.44. The first-order valence-electron chi connectivity index (χ1n) is 4.29. The van der Waals surface area contributed by atoms with E-state index in [0.717, 1.165) is 0 Å². The zero-order chi connectivity index (χ0) is 17.9. The Balaban J connectivity index is 5.12. The van der Waals surface area contributed by atoms with Gasteiger partial charge in [0.2, 0.25) is 0 Å². The normalized spacial score (nSPS) is 12.8. The molecule has 0 N–H and O–H groups in total. The van der Waals surface area contributed by atoms with Gasteiger partial charge in [-0.1, -0.05) is 0 Å². The van der Waals surface area contributed by atoms with Gasteiger partial charge >= 0.3 is 46.0 Å². The van der Waals surface area contributed by atoms with Crippen molar-refractivity contribution < 1.29 is 67.2 Å².